The second-order valence-corrected chi connectivity index (χ2v) is 10.4. The van der Waals surface area contributed by atoms with E-state index >= 15 is 0 Å². The summed E-state index contributed by atoms with van der Waals surface area (Å²) in [6, 6.07) is 29.3. The van der Waals surface area contributed by atoms with E-state index in [4.69, 9.17) is 26.1 Å². The van der Waals surface area contributed by atoms with Crippen LogP contribution in [0.15, 0.2) is 112 Å². The Hall–Kier alpha value is -5.40. The summed E-state index contributed by atoms with van der Waals surface area (Å²) in [5, 5.41) is 27.6. The Kier molecular flexibility index (Phi) is 6.03. The SMILES string of the molecule is Cc1ccc2c(c1)oc(=O)c1c(-c3cn(-c4ccccc4)nc3-c3ccccc3)cc(-c3c(O)ccc(Cl)c3O)nc12. The van der Waals surface area contributed by atoms with Crippen LogP contribution in [-0.4, -0.2) is 25.0 Å². The molecule has 0 radical (unpaired) electrons. The predicted molar refractivity (Wildman–Crippen MR) is 164 cm³/mol. The quantitative estimate of drug-likeness (QED) is 0.164. The minimum atomic E-state index is -0.567. The Morgan fingerprint density at radius 3 is 2.36 bits per heavy atom. The molecule has 0 bridgehead atoms. The van der Waals surface area contributed by atoms with Crippen LogP contribution in [0.1, 0.15) is 5.56 Å². The summed E-state index contributed by atoms with van der Waals surface area (Å²) < 4.78 is 7.58. The number of aromatic nitrogens is 3. The molecule has 0 atom stereocenters. The zero-order valence-corrected chi connectivity index (χ0v) is 23.0. The molecular formula is C34H22ClN3O4. The topological polar surface area (TPSA) is 101 Å². The van der Waals surface area contributed by atoms with Crippen LogP contribution in [0, 0.1) is 6.92 Å². The minimum absolute atomic E-state index is 0.0517. The molecule has 4 aromatic carbocycles. The van der Waals surface area contributed by atoms with Gasteiger partial charge < -0.3 is 14.6 Å². The Morgan fingerprint density at radius 1 is 0.857 bits per heavy atom. The molecule has 0 aliphatic carbocycles. The van der Waals surface area contributed by atoms with Gasteiger partial charge in [-0.2, -0.15) is 5.10 Å². The van der Waals surface area contributed by atoms with Crippen LogP contribution in [0.3, 0.4) is 0 Å². The van der Waals surface area contributed by atoms with Gasteiger partial charge in [-0.05, 0) is 55.0 Å². The lowest BCUT2D eigenvalue weighted by molar-refractivity contribution is 0.454. The van der Waals surface area contributed by atoms with Crippen LogP contribution in [0.25, 0.3) is 61.2 Å². The lowest BCUT2D eigenvalue weighted by Crippen LogP contribution is -2.05. The molecule has 0 saturated carbocycles. The van der Waals surface area contributed by atoms with E-state index in [1.807, 2.05) is 85.9 Å². The van der Waals surface area contributed by atoms with Crippen molar-refractivity contribution in [1.82, 2.24) is 14.8 Å². The first kappa shape index (κ1) is 25.6. The molecule has 3 heterocycles. The molecule has 0 amide bonds. The lowest BCUT2D eigenvalue weighted by atomic mass is 9.95. The van der Waals surface area contributed by atoms with Gasteiger partial charge in [0, 0.05) is 28.3 Å². The summed E-state index contributed by atoms with van der Waals surface area (Å²) in [7, 11) is 0. The van der Waals surface area contributed by atoms with Crippen molar-refractivity contribution in [3.05, 3.63) is 124 Å². The molecule has 0 unspecified atom stereocenters. The monoisotopic (exact) mass is 571 g/mol. The van der Waals surface area contributed by atoms with Gasteiger partial charge in [0.2, 0.25) is 0 Å². The number of rotatable bonds is 4. The first-order valence-electron chi connectivity index (χ1n) is 13.2. The number of benzene rings is 4. The molecule has 3 aromatic heterocycles. The predicted octanol–water partition coefficient (Wildman–Crippen LogP) is 7.90. The lowest BCUT2D eigenvalue weighted by Gasteiger charge is -2.13. The molecule has 8 heteroatoms. The van der Waals surface area contributed by atoms with Gasteiger partial charge in [0.1, 0.15) is 22.8 Å². The van der Waals surface area contributed by atoms with Crippen molar-refractivity contribution in [2.75, 3.05) is 0 Å². The number of aryl methyl sites for hydroxylation is 1. The first-order valence-corrected chi connectivity index (χ1v) is 13.6. The van der Waals surface area contributed by atoms with Gasteiger partial charge in [0.15, 0.2) is 0 Å². The molecule has 0 saturated heterocycles. The highest BCUT2D eigenvalue weighted by molar-refractivity contribution is 6.32. The number of nitrogens with zero attached hydrogens (tertiary/aromatic N) is 3. The molecule has 7 nitrogen and oxygen atoms in total. The van der Waals surface area contributed by atoms with Crippen LogP contribution >= 0.6 is 11.6 Å². The van der Waals surface area contributed by atoms with Crippen molar-refractivity contribution in [2.24, 2.45) is 0 Å². The highest BCUT2D eigenvalue weighted by atomic mass is 35.5. The van der Waals surface area contributed by atoms with E-state index < -0.39 is 5.63 Å². The summed E-state index contributed by atoms with van der Waals surface area (Å²) in [4.78, 5) is 18.5. The van der Waals surface area contributed by atoms with E-state index in [-0.39, 0.29) is 33.2 Å². The second-order valence-electron chi connectivity index (χ2n) is 10.00. The van der Waals surface area contributed by atoms with Crippen LogP contribution < -0.4 is 5.63 Å². The normalized spacial score (nSPS) is 11.4. The fraction of sp³-hybridized carbons (Fsp3) is 0.0294. The Morgan fingerprint density at radius 2 is 1.60 bits per heavy atom. The number of fused-ring (bicyclic) bond motifs is 3. The van der Waals surface area contributed by atoms with Gasteiger partial charge in [-0.3, -0.25) is 0 Å². The summed E-state index contributed by atoms with van der Waals surface area (Å²) in [5.74, 6) is -0.526. The van der Waals surface area contributed by atoms with E-state index in [0.717, 1.165) is 16.8 Å². The van der Waals surface area contributed by atoms with Crippen molar-refractivity contribution in [2.45, 2.75) is 6.92 Å². The molecule has 2 N–H and O–H groups in total. The highest BCUT2D eigenvalue weighted by Gasteiger charge is 2.24. The maximum Gasteiger partial charge on any atom is 0.346 e. The zero-order valence-electron chi connectivity index (χ0n) is 22.2. The average Bonchev–Trinajstić information content (AvgIpc) is 3.45. The summed E-state index contributed by atoms with van der Waals surface area (Å²) in [6.07, 6.45) is 1.85. The Balaban J connectivity index is 1.64. The Bertz CT molecular complexity index is 2210. The van der Waals surface area contributed by atoms with Crippen LogP contribution in [0.2, 0.25) is 5.02 Å². The van der Waals surface area contributed by atoms with Gasteiger partial charge in [0.05, 0.1) is 32.9 Å². The zero-order chi connectivity index (χ0) is 29.0. The number of phenolic OH excluding ortho intramolecular Hbond substituents is 2. The van der Waals surface area contributed by atoms with Gasteiger partial charge >= 0.3 is 5.63 Å². The molecule has 0 fully saturated rings. The van der Waals surface area contributed by atoms with Gasteiger partial charge in [-0.25, -0.2) is 14.5 Å². The molecule has 0 spiro atoms. The van der Waals surface area contributed by atoms with E-state index in [9.17, 15) is 15.0 Å². The number of aromatic hydroxyl groups is 2. The van der Waals surface area contributed by atoms with E-state index in [1.165, 1.54) is 12.1 Å². The maximum atomic E-state index is 13.7. The van der Waals surface area contributed by atoms with E-state index in [1.54, 1.807) is 16.8 Å². The molecule has 0 aliphatic rings. The largest absolute Gasteiger partial charge is 0.507 e. The average molecular weight is 572 g/mol. The van der Waals surface area contributed by atoms with Crippen molar-refractivity contribution < 1.29 is 14.6 Å². The van der Waals surface area contributed by atoms with Crippen LogP contribution in [0.4, 0.5) is 0 Å². The standard InChI is InChI=1S/C34H22ClN3O4/c1-19-12-13-22-28(16-19)42-34(41)29-23(17-26(36-32(22)29)30-27(39)15-14-25(35)33(30)40)24-18-38(21-10-6-3-7-11-21)37-31(24)20-8-4-2-5-9-20/h2-18,39-40H,1H3. The second kappa shape index (κ2) is 9.90. The summed E-state index contributed by atoms with van der Waals surface area (Å²) in [6.45, 7) is 1.91. The number of para-hydroxylation sites is 1. The number of halogens is 1. The first-order chi connectivity index (χ1) is 20.4. The summed E-state index contributed by atoms with van der Waals surface area (Å²) in [5.41, 5.74) is 4.78. The molecular weight excluding hydrogens is 550 g/mol. The van der Waals surface area contributed by atoms with Gasteiger partial charge in [-0.15, -0.1) is 0 Å². The summed E-state index contributed by atoms with van der Waals surface area (Å²) >= 11 is 6.26. The van der Waals surface area contributed by atoms with Crippen molar-refractivity contribution in [1.29, 1.82) is 0 Å². The van der Waals surface area contributed by atoms with Gasteiger partial charge in [0.25, 0.3) is 0 Å². The minimum Gasteiger partial charge on any atom is -0.507 e. The Labute approximate surface area is 244 Å². The number of phenols is 2. The molecule has 7 rings (SSSR count). The van der Waals surface area contributed by atoms with Crippen LogP contribution in [0.5, 0.6) is 11.5 Å². The molecule has 42 heavy (non-hydrogen) atoms. The fourth-order valence-corrected chi connectivity index (χ4v) is 5.41. The number of hydrogen-bond donors (Lipinski definition) is 2. The third kappa shape index (κ3) is 4.19. The third-order valence-electron chi connectivity index (χ3n) is 7.25. The highest BCUT2D eigenvalue weighted by Crippen LogP contribution is 2.44. The number of pyridine rings is 1. The smallest absolute Gasteiger partial charge is 0.346 e. The molecule has 204 valence electrons. The van der Waals surface area contributed by atoms with Crippen LogP contribution in [-0.2, 0) is 0 Å². The van der Waals surface area contributed by atoms with E-state index in [0.29, 0.717) is 33.3 Å². The van der Waals surface area contributed by atoms with Crippen molar-refractivity contribution >= 4 is 33.5 Å². The van der Waals surface area contributed by atoms with Crippen molar-refractivity contribution in [3.8, 4) is 50.8 Å². The maximum absolute atomic E-state index is 13.7. The van der Waals surface area contributed by atoms with E-state index in [2.05, 4.69) is 0 Å². The fourth-order valence-electron chi connectivity index (χ4n) is 5.25. The molecule has 0 aliphatic heterocycles. The molecule has 7 aromatic rings. The van der Waals surface area contributed by atoms with Gasteiger partial charge in [-0.1, -0.05) is 66.2 Å². The third-order valence-corrected chi connectivity index (χ3v) is 7.56. The number of hydrogen-bond acceptors (Lipinski definition) is 6. The van der Waals surface area contributed by atoms with Crippen molar-refractivity contribution in [3.63, 3.8) is 0 Å².